The molecule has 2 aliphatic heterocycles. The van der Waals surface area contributed by atoms with E-state index in [-0.39, 0.29) is 0 Å². The van der Waals surface area contributed by atoms with Crippen molar-refractivity contribution < 1.29 is 9.53 Å². The second kappa shape index (κ2) is 5.83. The highest BCUT2D eigenvalue weighted by Gasteiger charge is 2.31. The molecule has 2 heterocycles. The number of nitrogens with zero attached hydrogens (tertiary/aromatic N) is 3. The maximum Gasteiger partial charge on any atom is 0.288 e. The van der Waals surface area contributed by atoms with Gasteiger partial charge in [0.1, 0.15) is 12.4 Å². The van der Waals surface area contributed by atoms with E-state index < -0.39 is 11.3 Å². The lowest BCUT2D eigenvalue weighted by molar-refractivity contribution is -0.117. The molecule has 0 spiro atoms. The summed E-state index contributed by atoms with van der Waals surface area (Å²) >= 11 is 6.12. The van der Waals surface area contributed by atoms with Gasteiger partial charge in [-0.3, -0.25) is 4.79 Å². The molecule has 1 unspecified atom stereocenters. The van der Waals surface area contributed by atoms with Crippen LogP contribution in [0.5, 0.6) is 5.75 Å². The molecule has 0 saturated carbocycles. The molecule has 0 saturated heterocycles. The van der Waals surface area contributed by atoms with E-state index in [2.05, 4.69) is 10.2 Å². The quantitative estimate of drug-likeness (QED) is 0.860. The van der Waals surface area contributed by atoms with Crippen LogP contribution in [0.4, 0.5) is 0 Å². The third kappa shape index (κ3) is 2.64. The summed E-state index contributed by atoms with van der Waals surface area (Å²) in [7, 11) is 0. The number of azo groups is 1. The fraction of sp³-hybridized carbons (Fsp3) is 0.357. The number of amides is 1. The van der Waals surface area contributed by atoms with Gasteiger partial charge < -0.3 is 15.4 Å². The Morgan fingerprint density at radius 3 is 3.10 bits per heavy atom. The number of alkyl halides is 1. The highest BCUT2D eigenvalue weighted by Crippen LogP contribution is 2.35. The number of benzene rings is 1. The van der Waals surface area contributed by atoms with Crippen LogP contribution < -0.4 is 10.5 Å². The first-order valence-electron chi connectivity index (χ1n) is 6.68. The van der Waals surface area contributed by atoms with E-state index in [4.69, 9.17) is 22.1 Å². The van der Waals surface area contributed by atoms with Gasteiger partial charge in [0.15, 0.2) is 5.38 Å². The van der Waals surface area contributed by atoms with Crippen molar-refractivity contribution in [1.29, 1.82) is 0 Å². The summed E-state index contributed by atoms with van der Waals surface area (Å²) in [5.41, 5.74) is 8.41. The molecular weight excluding hydrogens is 292 g/mol. The molecule has 0 aromatic heterocycles. The SMILES string of the molecule is NCCOc1cccc2c1CN(C1=CN=NC(=O)C1Cl)C2. The van der Waals surface area contributed by atoms with Crippen molar-refractivity contribution in [3.8, 4) is 5.75 Å². The number of hydrogen-bond acceptors (Lipinski definition) is 5. The van der Waals surface area contributed by atoms with Crippen LogP contribution >= 0.6 is 11.6 Å². The number of halogens is 1. The van der Waals surface area contributed by atoms with Gasteiger partial charge in [-0.25, -0.2) is 0 Å². The third-order valence-electron chi connectivity index (χ3n) is 3.50. The molecule has 1 amide bonds. The zero-order chi connectivity index (χ0) is 14.8. The van der Waals surface area contributed by atoms with E-state index in [1.54, 1.807) is 6.20 Å². The molecular formula is C14H15ClN4O2. The van der Waals surface area contributed by atoms with Gasteiger partial charge in [-0.1, -0.05) is 12.1 Å². The summed E-state index contributed by atoms with van der Waals surface area (Å²) in [6, 6.07) is 5.92. The molecule has 0 radical (unpaired) electrons. The van der Waals surface area contributed by atoms with Crippen molar-refractivity contribution >= 4 is 17.5 Å². The van der Waals surface area contributed by atoms with Crippen molar-refractivity contribution in [1.82, 2.24) is 4.90 Å². The molecule has 0 aliphatic carbocycles. The summed E-state index contributed by atoms with van der Waals surface area (Å²) in [4.78, 5) is 13.6. The van der Waals surface area contributed by atoms with Crippen molar-refractivity contribution in [2.24, 2.45) is 16.0 Å². The van der Waals surface area contributed by atoms with Crippen LogP contribution in [-0.4, -0.2) is 29.3 Å². The van der Waals surface area contributed by atoms with Crippen LogP contribution in [0, 0.1) is 0 Å². The monoisotopic (exact) mass is 306 g/mol. The lowest BCUT2D eigenvalue weighted by Crippen LogP contribution is -2.28. The van der Waals surface area contributed by atoms with E-state index in [0.717, 1.165) is 16.9 Å². The molecule has 0 bridgehead atoms. The second-order valence-corrected chi connectivity index (χ2v) is 5.29. The summed E-state index contributed by atoms with van der Waals surface area (Å²) in [5.74, 6) is 0.403. The fourth-order valence-corrected chi connectivity index (χ4v) is 2.75. The highest BCUT2D eigenvalue weighted by atomic mass is 35.5. The maximum absolute atomic E-state index is 11.5. The molecule has 1 atom stereocenters. The molecule has 6 nitrogen and oxygen atoms in total. The normalized spacial score (nSPS) is 20.5. The molecule has 0 fully saturated rings. The topological polar surface area (TPSA) is 80.3 Å². The Morgan fingerprint density at radius 2 is 2.29 bits per heavy atom. The Hall–Kier alpha value is -1.92. The van der Waals surface area contributed by atoms with Crippen molar-refractivity contribution in [3.05, 3.63) is 41.2 Å². The zero-order valence-corrected chi connectivity index (χ0v) is 12.1. The Bertz CT molecular complexity index is 629. The smallest absolute Gasteiger partial charge is 0.288 e. The summed E-state index contributed by atoms with van der Waals surface area (Å²) < 4.78 is 5.67. The van der Waals surface area contributed by atoms with Crippen molar-refractivity contribution in [3.63, 3.8) is 0 Å². The van der Waals surface area contributed by atoms with Gasteiger partial charge in [-0.15, -0.1) is 16.7 Å². The van der Waals surface area contributed by atoms with E-state index in [1.165, 1.54) is 0 Å². The summed E-state index contributed by atoms with van der Waals surface area (Å²) in [6.45, 7) is 2.25. The zero-order valence-electron chi connectivity index (χ0n) is 11.3. The van der Waals surface area contributed by atoms with E-state index in [1.807, 2.05) is 23.1 Å². The van der Waals surface area contributed by atoms with E-state index >= 15 is 0 Å². The maximum atomic E-state index is 11.5. The largest absolute Gasteiger partial charge is 0.492 e. The molecule has 2 N–H and O–H groups in total. The summed E-state index contributed by atoms with van der Waals surface area (Å²) in [5, 5.41) is 6.39. The molecule has 2 aliphatic rings. The van der Waals surface area contributed by atoms with Gasteiger partial charge in [0.2, 0.25) is 0 Å². The number of fused-ring (bicyclic) bond motifs is 1. The highest BCUT2D eigenvalue weighted by molar-refractivity contribution is 6.33. The lowest BCUT2D eigenvalue weighted by Gasteiger charge is -2.24. The van der Waals surface area contributed by atoms with Gasteiger partial charge in [0.05, 0.1) is 11.9 Å². The van der Waals surface area contributed by atoms with Gasteiger partial charge >= 0.3 is 0 Å². The Kier molecular flexibility index (Phi) is 3.90. The van der Waals surface area contributed by atoms with Crippen LogP contribution in [0.15, 0.2) is 40.3 Å². The first-order chi connectivity index (χ1) is 10.2. The van der Waals surface area contributed by atoms with Crippen LogP contribution in [0.1, 0.15) is 11.1 Å². The molecule has 1 aromatic carbocycles. The van der Waals surface area contributed by atoms with Crippen LogP contribution in [0.2, 0.25) is 0 Å². The van der Waals surface area contributed by atoms with Crippen LogP contribution in [0.25, 0.3) is 0 Å². The molecule has 21 heavy (non-hydrogen) atoms. The Morgan fingerprint density at radius 1 is 1.43 bits per heavy atom. The Labute approximate surface area is 127 Å². The van der Waals surface area contributed by atoms with E-state index in [9.17, 15) is 4.79 Å². The molecule has 1 aromatic rings. The number of rotatable bonds is 4. The minimum absolute atomic E-state index is 0.426. The first kappa shape index (κ1) is 14.0. The number of hydrogen-bond donors (Lipinski definition) is 1. The molecule has 3 rings (SSSR count). The predicted molar refractivity (Wildman–Crippen MR) is 77.8 cm³/mol. The van der Waals surface area contributed by atoms with Gasteiger partial charge in [0.25, 0.3) is 5.91 Å². The number of ether oxygens (including phenoxy) is 1. The van der Waals surface area contributed by atoms with Crippen LogP contribution in [0.3, 0.4) is 0 Å². The molecule has 7 heteroatoms. The lowest BCUT2D eigenvalue weighted by atomic mass is 10.1. The number of carbonyl (C=O) groups is 1. The van der Waals surface area contributed by atoms with Crippen molar-refractivity contribution in [2.45, 2.75) is 18.5 Å². The number of carbonyl (C=O) groups excluding carboxylic acids is 1. The number of nitrogens with two attached hydrogens (primary N) is 1. The fourth-order valence-electron chi connectivity index (χ4n) is 2.51. The van der Waals surface area contributed by atoms with Gasteiger partial charge in [-0.2, -0.15) is 5.11 Å². The van der Waals surface area contributed by atoms with Crippen molar-refractivity contribution in [2.75, 3.05) is 13.2 Å². The van der Waals surface area contributed by atoms with Crippen LogP contribution in [-0.2, 0) is 17.9 Å². The summed E-state index contributed by atoms with van der Waals surface area (Å²) in [6.07, 6.45) is 1.55. The first-order valence-corrected chi connectivity index (χ1v) is 7.11. The Balaban J connectivity index is 1.83. The minimum Gasteiger partial charge on any atom is -0.492 e. The van der Waals surface area contributed by atoms with Gasteiger partial charge in [0, 0.05) is 25.2 Å². The molecule has 110 valence electrons. The standard InChI is InChI=1S/C14H15ClN4O2/c15-13-11(6-17-18-14(13)20)19-7-9-2-1-3-12(10(9)8-19)21-5-4-16/h1-3,6,13H,4-5,7-8,16H2. The third-order valence-corrected chi connectivity index (χ3v) is 3.91. The van der Waals surface area contributed by atoms with E-state index in [0.29, 0.717) is 31.9 Å². The predicted octanol–water partition coefficient (Wildman–Crippen LogP) is 1.78. The minimum atomic E-state index is -0.773. The average molecular weight is 307 g/mol. The second-order valence-electron chi connectivity index (χ2n) is 4.86. The van der Waals surface area contributed by atoms with Gasteiger partial charge in [-0.05, 0) is 11.6 Å². The average Bonchev–Trinajstić information content (AvgIpc) is 2.92.